The molecule has 0 bridgehead atoms. The molecular formula is C17H14ClN5O2. The normalized spacial score (nSPS) is 10.5. The van der Waals surface area contributed by atoms with Gasteiger partial charge in [-0.05, 0) is 37.3 Å². The number of nitrogens with two attached hydrogens (primary N) is 1. The first-order valence-corrected chi connectivity index (χ1v) is 7.73. The number of nitrogens with one attached hydrogen (secondary N) is 1. The maximum Gasteiger partial charge on any atom is 0.280 e. The lowest BCUT2D eigenvalue weighted by Gasteiger charge is -2.06. The van der Waals surface area contributed by atoms with E-state index in [1.165, 1.54) is 11.6 Å². The van der Waals surface area contributed by atoms with E-state index >= 15 is 0 Å². The van der Waals surface area contributed by atoms with Gasteiger partial charge in [-0.2, -0.15) is 4.68 Å². The van der Waals surface area contributed by atoms with Gasteiger partial charge in [0, 0.05) is 16.3 Å². The lowest BCUT2D eigenvalue weighted by molar-refractivity contribution is 0.100. The van der Waals surface area contributed by atoms with E-state index in [9.17, 15) is 9.59 Å². The Bertz CT molecular complexity index is 967. The first-order valence-electron chi connectivity index (χ1n) is 7.35. The zero-order chi connectivity index (χ0) is 18.0. The second-order valence-corrected chi connectivity index (χ2v) is 5.74. The average molecular weight is 356 g/mol. The van der Waals surface area contributed by atoms with Crippen LogP contribution in [0.1, 0.15) is 27.8 Å². The maximum absolute atomic E-state index is 12.4. The lowest BCUT2D eigenvalue weighted by Crippen LogP contribution is -2.15. The maximum atomic E-state index is 12.4. The molecule has 1 amide bonds. The van der Waals surface area contributed by atoms with E-state index in [4.69, 9.17) is 17.3 Å². The molecule has 25 heavy (non-hydrogen) atoms. The molecule has 1 aromatic heterocycles. The molecule has 8 heteroatoms. The molecule has 0 radical (unpaired) electrons. The molecule has 0 aliphatic carbocycles. The van der Waals surface area contributed by atoms with Gasteiger partial charge in [-0.25, -0.2) is 0 Å². The van der Waals surface area contributed by atoms with Crippen molar-refractivity contribution in [1.29, 1.82) is 0 Å². The summed E-state index contributed by atoms with van der Waals surface area (Å²) in [5.74, 6) is -0.531. The standard InChI is InChI=1S/C17H14ClN5O2/c1-10(24)11-4-2-6-13(8-11)20-17(25)15-16(19)23(22-21-15)14-7-3-5-12(18)9-14/h2-9H,19H2,1H3,(H,20,25). The van der Waals surface area contributed by atoms with Gasteiger partial charge in [-0.3, -0.25) is 9.59 Å². The molecule has 0 saturated carbocycles. The Balaban J connectivity index is 1.86. The summed E-state index contributed by atoms with van der Waals surface area (Å²) in [4.78, 5) is 23.8. The Hall–Kier alpha value is -3.19. The van der Waals surface area contributed by atoms with Crippen LogP contribution in [0.5, 0.6) is 0 Å². The molecule has 3 N–H and O–H groups in total. The Kier molecular flexibility index (Phi) is 4.49. The van der Waals surface area contributed by atoms with Crippen LogP contribution in [-0.4, -0.2) is 26.7 Å². The van der Waals surface area contributed by atoms with E-state index in [-0.39, 0.29) is 17.3 Å². The summed E-state index contributed by atoms with van der Waals surface area (Å²) in [6.07, 6.45) is 0. The van der Waals surface area contributed by atoms with Crippen LogP contribution in [0.15, 0.2) is 48.5 Å². The molecule has 0 aliphatic rings. The summed E-state index contributed by atoms with van der Waals surface area (Å²) >= 11 is 5.95. The fourth-order valence-corrected chi connectivity index (χ4v) is 2.44. The second kappa shape index (κ2) is 6.74. The van der Waals surface area contributed by atoms with Crippen molar-refractivity contribution in [3.63, 3.8) is 0 Å². The summed E-state index contributed by atoms with van der Waals surface area (Å²) in [6.45, 7) is 1.45. The van der Waals surface area contributed by atoms with Gasteiger partial charge in [0.25, 0.3) is 5.91 Å². The highest BCUT2D eigenvalue weighted by Gasteiger charge is 2.19. The highest BCUT2D eigenvalue weighted by atomic mass is 35.5. The van der Waals surface area contributed by atoms with Crippen molar-refractivity contribution in [2.24, 2.45) is 0 Å². The molecule has 0 aliphatic heterocycles. The molecule has 0 unspecified atom stereocenters. The Morgan fingerprint density at radius 1 is 1.16 bits per heavy atom. The summed E-state index contributed by atoms with van der Waals surface area (Å²) in [5, 5.41) is 10.9. The molecular weight excluding hydrogens is 342 g/mol. The van der Waals surface area contributed by atoms with Crippen molar-refractivity contribution in [3.05, 3.63) is 64.8 Å². The Labute approximate surface area is 148 Å². The average Bonchev–Trinajstić information content (AvgIpc) is 2.96. The van der Waals surface area contributed by atoms with Crippen LogP contribution in [0.2, 0.25) is 5.02 Å². The minimum Gasteiger partial charge on any atom is -0.382 e. The zero-order valence-electron chi connectivity index (χ0n) is 13.2. The topological polar surface area (TPSA) is 103 Å². The predicted molar refractivity (Wildman–Crippen MR) is 95.2 cm³/mol. The van der Waals surface area contributed by atoms with Crippen molar-refractivity contribution >= 4 is 34.8 Å². The number of halogens is 1. The number of carbonyl (C=O) groups is 2. The molecule has 126 valence electrons. The number of rotatable bonds is 4. The fraction of sp³-hybridized carbons (Fsp3) is 0.0588. The van der Waals surface area contributed by atoms with E-state index in [0.29, 0.717) is 22.0 Å². The first-order chi connectivity index (χ1) is 12.0. The van der Waals surface area contributed by atoms with Gasteiger partial charge in [-0.1, -0.05) is 35.0 Å². The number of hydrogen-bond donors (Lipinski definition) is 2. The highest BCUT2D eigenvalue weighted by molar-refractivity contribution is 6.30. The predicted octanol–water partition coefficient (Wildman–Crippen LogP) is 2.96. The molecule has 2 aromatic carbocycles. The van der Waals surface area contributed by atoms with Crippen LogP contribution < -0.4 is 11.1 Å². The minimum absolute atomic E-state index is 0.0202. The Morgan fingerprint density at radius 2 is 1.92 bits per heavy atom. The van der Waals surface area contributed by atoms with Gasteiger partial charge in [-0.15, -0.1) is 5.10 Å². The number of anilines is 2. The molecule has 0 atom stereocenters. The third-order valence-electron chi connectivity index (χ3n) is 3.50. The third-order valence-corrected chi connectivity index (χ3v) is 3.73. The van der Waals surface area contributed by atoms with Crippen LogP contribution in [-0.2, 0) is 0 Å². The minimum atomic E-state index is -0.522. The SMILES string of the molecule is CC(=O)c1cccc(NC(=O)c2nnn(-c3cccc(Cl)c3)c2N)c1. The molecule has 3 aromatic rings. The van der Waals surface area contributed by atoms with Crippen molar-refractivity contribution in [2.75, 3.05) is 11.1 Å². The fourth-order valence-electron chi connectivity index (χ4n) is 2.26. The van der Waals surface area contributed by atoms with Gasteiger partial charge in [0.15, 0.2) is 17.3 Å². The zero-order valence-corrected chi connectivity index (χ0v) is 14.0. The number of Topliss-reactive ketones (excluding diaryl/α,β-unsaturated/α-hetero) is 1. The number of benzene rings is 2. The first kappa shape index (κ1) is 16.7. The second-order valence-electron chi connectivity index (χ2n) is 5.31. The summed E-state index contributed by atoms with van der Waals surface area (Å²) in [7, 11) is 0. The van der Waals surface area contributed by atoms with Gasteiger partial charge in [0.05, 0.1) is 5.69 Å². The number of carbonyl (C=O) groups excluding carboxylic acids is 2. The van der Waals surface area contributed by atoms with Crippen LogP contribution in [0.4, 0.5) is 11.5 Å². The quantitative estimate of drug-likeness (QED) is 0.700. The van der Waals surface area contributed by atoms with Crippen LogP contribution in [0, 0.1) is 0 Å². The summed E-state index contributed by atoms with van der Waals surface area (Å²) in [5.41, 5.74) is 7.53. The Morgan fingerprint density at radius 3 is 2.64 bits per heavy atom. The van der Waals surface area contributed by atoms with Crippen molar-refractivity contribution in [3.8, 4) is 5.69 Å². The summed E-state index contributed by atoms with van der Waals surface area (Å²) in [6, 6.07) is 13.5. The van der Waals surface area contributed by atoms with Gasteiger partial charge >= 0.3 is 0 Å². The number of hydrogen-bond acceptors (Lipinski definition) is 5. The number of ketones is 1. The monoisotopic (exact) mass is 355 g/mol. The molecule has 0 saturated heterocycles. The van der Waals surface area contributed by atoms with Crippen LogP contribution >= 0.6 is 11.6 Å². The third kappa shape index (κ3) is 3.51. The largest absolute Gasteiger partial charge is 0.382 e. The van der Waals surface area contributed by atoms with Crippen LogP contribution in [0.3, 0.4) is 0 Å². The van der Waals surface area contributed by atoms with E-state index in [2.05, 4.69) is 15.6 Å². The van der Waals surface area contributed by atoms with E-state index < -0.39 is 5.91 Å². The van der Waals surface area contributed by atoms with E-state index in [1.54, 1.807) is 48.5 Å². The molecule has 0 fully saturated rings. The number of nitrogen functional groups attached to an aromatic ring is 1. The number of aromatic nitrogens is 3. The smallest absolute Gasteiger partial charge is 0.280 e. The van der Waals surface area contributed by atoms with Gasteiger partial charge in [0.1, 0.15) is 0 Å². The molecule has 0 spiro atoms. The number of amides is 1. The van der Waals surface area contributed by atoms with Gasteiger partial charge in [0.2, 0.25) is 0 Å². The molecule has 7 nitrogen and oxygen atoms in total. The number of nitrogens with zero attached hydrogens (tertiary/aromatic N) is 3. The molecule has 3 rings (SSSR count). The van der Waals surface area contributed by atoms with Crippen molar-refractivity contribution < 1.29 is 9.59 Å². The molecule has 1 heterocycles. The van der Waals surface area contributed by atoms with E-state index in [1.807, 2.05) is 0 Å². The van der Waals surface area contributed by atoms with Gasteiger partial charge < -0.3 is 11.1 Å². The summed E-state index contributed by atoms with van der Waals surface area (Å²) < 4.78 is 1.33. The lowest BCUT2D eigenvalue weighted by atomic mass is 10.1. The van der Waals surface area contributed by atoms with Crippen molar-refractivity contribution in [2.45, 2.75) is 6.92 Å². The van der Waals surface area contributed by atoms with Crippen LogP contribution in [0.25, 0.3) is 5.69 Å². The van der Waals surface area contributed by atoms with Crippen molar-refractivity contribution in [1.82, 2.24) is 15.0 Å². The van der Waals surface area contributed by atoms with E-state index in [0.717, 1.165) is 0 Å². The highest BCUT2D eigenvalue weighted by Crippen LogP contribution is 2.20.